The first-order valence-electron chi connectivity index (χ1n) is 8.19. The second kappa shape index (κ2) is 7.43. The van der Waals surface area contributed by atoms with Crippen LogP contribution in [0.1, 0.15) is 16.8 Å². The van der Waals surface area contributed by atoms with Crippen molar-refractivity contribution in [3.05, 3.63) is 63.9 Å². The summed E-state index contributed by atoms with van der Waals surface area (Å²) in [5.41, 5.74) is 2.37. The predicted molar refractivity (Wildman–Crippen MR) is 98.6 cm³/mol. The van der Waals surface area contributed by atoms with E-state index in [4.69, 9.17) is 0 Å². The van der Waals surface area contributed by atoms with E-state index in [1.54, 1.807) is 0 Å². The maximum atomic E-state index is 10.2. The van der Waals surface area contributed by atoms with E-state index < -0.39 is 5.54 Å². The maximum Gasteiger partial charge on any atom is 0.140 e. The smallest absolute Gasteiger partial charge is 0.140 e. The Balaban J connectivity index is 2.06. The molecule has 1 saturated heterocycles. The predicted octanol–water partition coefficient (Wildman–Crippen LogP) is 3.02. The molecule has 1 aliphatic rings. The van der Waals surface area contributed by atoms with E-state index in [1.807, 2.05) is 43.5 Å². The summed E-state index contributed by atoms with van der Waals surface area (Å²) in [6, 6.07) is 14.8. The van der Waals surface area contributed by atoms with E-state index in [1.165, 1.54) is 0 Å². The van der Waals surface area contributed by atoms with Crippen molar-refractivity contribution in [1.29, 1.82) is 5.26 Å². The fourth-order valence-corrected chi connectivity index (χ4v) is 3.67. The molecule has 0 bridgehead atoms. The molecule has 1 aromatic heterocycles. The lowest BCUT2D eigenvalue weighted by atomic mass is 9.83. The van der Waals surface area contributed by atoms with Crippen LogP contribution in [-0.4, -0.2) is 36.1 Å². The van der Waals surface area contributed by atoms with Gasteiger partial charge in [-0.1, -0.05) is 40.2 Å². The summed E-state index contributed by atoms with van der Waals surface area (Å²) in [6.07, 6.45) is 2.49. The summed E-state index contributed by atoms with van der Waals surface area (Å²) in [7, 11) is 0. The Kier molecular flexibility index (Phi) is 5.30. The van der Waals surface area contributed by atoms with E-state index in [2.05, 4.69) is 43.3 Å². The van der Waals surface area contributed by atoms with Gasteiger partial charge in [-0.15, -0.1) is 0 Å². The van der Waals surface area contributed by atoms with Gasteiger partial charge in [0.05, 0.1) is 6.07 Å². The number of rotatable bonds is 4. The standard InChI is InChI=1S/C19H21BrN4/c1-15-6-7-17(13-23-15)19(14-21,24-10-8-22-9-11-24)12-16-4-2-3-5-18(16)20/h2-7,13,22H,8-12H2,1H3. The molecule has 0 aliphatic carbocycles. The molecule has 1 fully saturated rings. The number of pyridine rings is 1. The summed E-state index contributed by atoms with van der Waals surface area (Å²) < 4.78 is 1.04. The van der Waals surface area contributed by atoms with Gasteiger partial charge in [0.15, 0.2) is 0 Å². The molecule has 0 amide bonds. The number of aromatic nitrogens is 1. The second-order valence-corrected chi connectivity index (χ2v) is 7.02. The average Bonchev–Trinajstić information content (AvgIpc) is 2.63. The van der Waals surface area contributed by atoms with E-state index in [-0.39, 0.29) is 0 Å². The molecule has 1 aromatic carbocycles. The fourth-order valence-electron chi connectivity index (χ4n) is 3.25. The Morgan fingerprint density at radius 1 is 1.25 bits per heavy atom. The van der Waals surface area contributed by atoms with Gasteiger partial charge in [0.1, 0.15) is 5.54 Å². The first-order valence-corrected chi connectivity index (χ1v) is 8.98. The van der Waals surface area contributed by atoms with Crippen LogP contribution in [0.15, 0.2) is 47.1 Å². The van der Waals surface area contributed by atoms with Crippen molar-refractivity contribution in [3.8, 4) is 6.07 Å². The van der Waals surface area contributed by atoms with E-state index in [0.29, 0.717) is 6.42 Å². The fraction of sp³-hybridized carbons (Fsp3) is 0.368. The normalized spacial score (nSPS) is 17.9. The molecular weight excluding hydrogens is 364 g/mol. The minimum atomic E-state index is -0.702. The number of benzene rings is 1. The van der Waals surface area contributed by atoms with Gasteiger partial charge in [-0.3, -0.25) is 9.88 Å². The van der Waals surface area contributed by atoms with Crippen molar-refractivity contribution in [2.24, 2.45) is 0 Å². The van der Waals surface area contributed by atoms with Gasteiger partial charge in [0.2, 0.25) is 0 Å². The molecule has 5 heteroatoms. The summed E-state index contributed by atoms with van der Waals surface area (Å²) in [4.78, 5) is 6.73. The first kappa shape index (κ1) is 17.1. The SMILES string of the molecule is Cc1ccc(C(C#N)(Cc2ccccc2Br)N2CCNCC2)cn1. The van der Waals surface area contributed by atoms with Crippen molar-refractivity contribution in [3.63, 3.8) is 0 Å². The highest BCUT2D eigenvalue weighted by atomic mass is 79.9. The molecule has 3 rings (SSSR count). The number of halogens is 1. The highest BCUT2D eigenvalue weighted by Crippen LogP contribution is 2.34. The molecule has 1 aliphatic heterocycles. The van der Waals surface area contributed by atoms with Crippen LogP contribution in [0.25, 0.3) is 0 Å². The number of piperazine rings is 1. The van der Waals surface area contributed by atoms with Crippen LogP contribution in [-0.2, 0) is 12.0 Å². The average molecular weight is 385 g/mol. The zero-order chi connectivity index (χ0) is 17.0. The molecule has 0 radical (unpaired) electrons. The Bertz CT molecular complexity index is 732. The van der Waals surface area contributed by atoms with Gasteiger partial charge in [0, 0.05) is 54.5 Å². The third-order valence-electron chi connectivity index (χ3n) is 4.63. The summed E-state index contributed by atoms with van der Waals surface area (Å²) in [5, 5.41) is 13.6. The topological polar surface area (TPSA) is 52.0 Å². The zero-order valence-electron chi connectivity index (χ0n) is 13.8. The van der Waals surface area contributed by atoms with Crippen LogP contribution in [0.4, 0.5) is 0 Å². The molecule has 2 heterocycles. The van der Waals surface area contributed by atoms with Crippen molar-refractivity contribution in [2.75, 3.05) is 26.2 Å². The van der Waals surface area contributed by atoms with Gasteiger partial charge in [0.25, 0.3) is 0 Å². The minimum absolute atomic E-state index is 0.635. The Morgan fingerprint density at radius 3 is 2.62 bits per heavy atom. The van der Waals surface area contributed by atoms with E-state index >= 15 is 0 Å². The van der Waals surface area contributed by atoms with Crippen LogP contribution in [0.5, 0.6) is 0 Å². The van der Waals surface area contributed by atoms with E-state index in [9.17, 15) is 5.26 Å². The summed E-state index contributed by atoms with van der Waals surface area (Å²) in [5.74, 6) is 0. The molecule has 0 spiro atoms. The second-order valence-electron chi connectivity index (χ2n) is 6.17. The lowest BCUT2D eigenvalue weighted by molar-refractivity contribution is 0.116. The molecule has 1 atom stereocenters. The van der Waals surface area contributed by atoms with Crippen LogP contribution < -0.4 is 5.32 Å². The van der Waals surface area contributed by atoms with Crippen molar-refractivity contribution < 1.29 is 0 Å². The molecular formula is C19H21BrN4. The molecule has 0 saturated carbocycles. The number of hydrogen-bond donors (Lipinski definition) is 1. The summed E-state index contributed by atoms with van der Waals surface area (Å²) >= 11 is 3.63. The van der Waals surface area contributed by atoms with Crippen molar-refractivity contribution in [2.45, 2.75) is 18.9 Å². The minimum Gasteiger partial charge on any atom is -0.314 e. The van der Waals surface area contributed by atoms with Gasteiger partial charge >= 0.3 is 0 Å². The Labute approximate surface area is 151 Å². The van der Waals surface area contributed by atoms with Crippen molar-refractivity contribution >= 4 is 15.9 Å². The van der Waals surface area contributed by atoms with Gasteiger partial charge in [-0.05, 0) is 24.6 Å². The lowest BCUT2D eigenvalue weighted by Gasteiger charge is -2.41. The molecule has 1 unspecified atom stereocenters. The third-order valence-corrected chi connectivity index (χ3v) is 5.41. The van der Waals surface area contributed by atoms with Gasteiger partial charge in [-0.25, -0.2) is 0 Å². The number of aryl methyl sites for hydroxylation is 1. The maximum absolute atomic E-state index is 10.2. The summed E-state index contributed by atoms with van der Waals surface area (Å²) in [6.45, 7) is 5.48. The number of hydrogen-bond acceptors (Lipinski definition) is 4. The number of nitrogens with one attached hydrogen (secondary N) is 1. The highest BCUT2D eigenvalue weighted by Gasteiger charge is 2.40. The largest absolute Gasteiger partial charge is 0.314 e. The third kappa shape index (κ3) is 3.36. The number of nitrogens with zero attached hydrogens (tertiary/aromatic N) is 3. The quantitative estimate of drug-likeness (QED) is 0.879. The van der Waals surface area contributed by atoms with Crippen LogP contribution in [0.2, 0.25) is 0 Å². The molecule has 2 aromatic rings. The molecule has 4 nitrogen and oxygen atoms in total. The highest BCUT2D eigenvalue weighted by molar-refractivity contribution is 9.10. The molecule has 24 heavy (non-hydrogen) atoms. The Hall–Kier alpha value is -1.74. The van der Waals surface area contributed by atoms with E-state index in [0.717, 1.165) is 47.5 Å². The van der Waals surface area contributed by atoms with Gasteiger partial charge in [-0.2, -0.15) is 5.26 Å². The Morgan fingerprint density at radius 2 is 2.00 bits per heavy atom. The lowest BCUT2D eigenvalue weighted by Crippen LogP contribution is -2.55. The van der Waals surface area contributed by atoms with Crippen LogP contribution >= 0.6 is 15.9 Å². The van der Waals surface area contributed by atoms with Crippen LogP contribution in [0.3, 0.4) is 0 Å². The zero-order valence-corrected chi connectivity index (χ0v) is 15.4. The number of nitriles is 1. The first-order chi connectivity index (χ1) is 11.7. The van der Waals surface area contributed by atoms with Gasteiger partial charge < -0.3 is 5.32 Å². The monoisotopic (exact) mass is 384 g/mol. The van der Waals surface area contributed by atoms with Crippen LogP contribution in [0, 0.1) is 18.3 Å². The molecule has 1 N–H and O–H groups in total. The van der Waals surface area contributed by atoms with Crippen molar-refractivity contribution in [1.82, 2.24) is 15.2 Å². The molecule has 124 valence electrons.